The van der Waals surface area contributed by atoms with Gasteiger partial charge in [-0.05, 0) is 51.0 Å². The second-order valence-electron chi connectivity index (χ2n) is 5.91. The minimum absolute atomic E-state index is 0.593. The van der Waals surface area contributed by atoms with Gasteiger partial charge in [-0.15, -0.1) is 0 Å². The van der Waals surface area contributed by atoms with E-state index in [0.29, 0.717) is 12.1 Å². The molecule has 1 aliphatic heterocycles. The number of benzene rings is 1. The van der Waals surface area contributed by atoms with Crippen LogP contribution >= 0.6 is 0 Å². The lowest BCUT2D eigenvalue weighted by molar-refractivity contribution is 0.404. The molecule has 1 aliphatic rings. The number of rotatable bonds is 1. The SMILES string of the molecule is CC1CCN(c2ccc3ncccc3c2)CCC(C)N1. The zero-order chi connectivity index (χ0) is 13.9. The Balaban J connectivity index is 1.84. The Bertz CT molecular complexity index is 569. The minimum atomic E-state index is 0.593. The van der Waals surface area contributed by atoms with Gasteiger partial charge in [0.15, 0.2) is 0 Å². The molecule has 106 valence electrons. The van der Waals surface area contributed by atoms with Gasteiger partial charge in [-0.3, -0.25) is 4.98 Å². The largest absolute Gasteiger partial charge is 0.371 e. The van der Waals surface area contributed by atoms with E-state index in [0.717, 1.165) is 18.6 Å². The molecule has 2 aromatic rings. The van der Waals surface area contributed by atoms with Crippen LogP contribution in [0.2, 0.25) is 0 Å². The molecule has 20 heavy (non-hydrogen) atoms. The lowest BCUT2D eigenvalue weighted by Gasteiger charge is -2.32. The number of fused-ring (bicyclic) bond motifs is 1. The fourth-order valence-corrected chi connectivity index (χ4v) is 2.98. The third kappa shape index (κ3) is 2.93. The lowest BCUT2D eigenvalue weighted by Crippen LogP contribution is -2.43. The van der Waals surface area contributed by atoms with Gasteiger partial charge in [-0.1, -0.05) is 6.07 Å². The molecule has 2 unspecified atom stereocenters. The van der Waals surface area contributed by atoms with E-state index in [9.17, 15) is 0 Å². The van der Waals surface area contributed by atoms with Crippen molar-refractivity contribution >= 4 is 16.6 Å². The zero-order valence-electron chi connectivity index (χ0n) is 12.3. The maximum absolute atomic E-state index is 4.40. The highest BCUT2D eigenvalue weighted by Crippen LogP contribution is 2.22. The van der Waals surface area contributed by atoms with Crippen LogP contribution in [-0.2, 0) is 0 Å². The van der Waals surface area contributed by atoms with E-state index in [1.165, 1.54) is 23.9 Å². The topological polar surface area (TPSA) is 28.2 Å². The summed E-state index contributed by atoms with van der Waals surface area (Å²) in [6.45, 7) is 6.80. The van der Waals surface area contributed by atoms with Crippen LogP contribution in [0.15, 0.2) is 36.5 Å². The molecule has 1 N–H and O–H groups in total. The molecule has 0 radical (unpaired) electrons. The third-order valence-corrected chi connectivity index (χ3v) is 4.18. The Morgan fingerprint density at radius 3 is 2.60 bits per heavy atom. The number of pyridine rings is 1. The highest BCUT2D eigenvalue weighted by atomic mass is 15.1. The normalized spacial score (nSPS) is 24.4. The molecule has 0 bridgehead atoms. The Kier molecular flexibility index (Phi) is 3.88. The smallest absolute Gasteiger partial charge is 0.0703 e. The van der Waals surface area contributed by atoms with Crippen LogP contribution in [0.25, 0.3) is 10.9 Å². The predicted octanol–water partition coefficient (Wildman–Crippen LogP) is 3.20. The quantitative estimate of drug-likeness (QED) is 0.861. The van der Waals surface area contributed by atoms with Crippen LogP contribution in [0.1, 0.15) is 26.7 Å². The van der Waals surface area contributed by atoms with Crippen LogP contribution in [0.3, 0.4) is 0 Å². The lowest BCUT2D eigenvalue weighted by atomic mass is 10.1. The van der Waals surface area contributed by atoms with Gasteiger partial charge in [0.25, 0.3) is 0 Å². The molecular weight excluding hydrogens is 246 g/mol. The monoisotopic (exact) mass is 269 g/mol. The van der Waals surface area contributed by atoms with E-state index < -0.39 is 0 Å². The van der Waals surface area contributed by atoms with Crippen molar-refractivity contribution in [3.63, 3.8) is 0 Å². The molecule has 1 aromatic carbocycles. The molecule has 3 rings (SSSR count). The Morgan fingerprint density at radius 1 is 1.10 bits per heavy atom. The molecule has 1 saturated heterocycles. The highest BCUT2D eigenvalue weighted by molar-refractivity contribution is 5.82. The molecule has 1 aromatic heterocycles. The number of aromatic nitrogens is 1. The summed E-state index contributed by atoms with van der Waals surface area (Å²) in [6, 6.07) is 11.9. The summed E-state index contributed by atoms with van der Waals surface area (Å²) in [4.78, 5) is 6.91. The molecule has 3 nitrogen and oxygen atoms in total. The van der Waals surface area contributed by atoms with Crippen molar-refractivity contribution in [2.24, 2.45) is 0 Å². The van der Waals surface area contributed by atoms with Crippen molar-refractivity contribution in [3.05, 3.63) is 36.5 Å². The average molecular weight is 269 g/mol. The van der Waals surface area contributed by atoms with Gasteiger partial charge in [0.2, 0.25) is 0 Å². The first-order valence-electron chi connectivity index (χ1n) is 7.58. The summed E-state index contributed by atoms with van der Waals surface area (Å²) in [7, 11) is 0. The molecule has 1 fully saturated rings. The Labute approximate surface area is 121 Å². The van der Waals surface area contributed by atoms with E-state index in [4.69, 9.17) is 0 Å². The minimum Gasteiger partial charge on any atom is -0.371 e. The second kappa shape index (κ2) is 5.80. The number of hydrogen-bond donors (Lipinski definition) is 1. The van der Waals surface area contributed by atoms with Crippen molar-refractivity contribution in [1.29, 1.82) is 0 Å². The van der Waals surface area contributed by atoms with Gasteiger partial charge in [0, 0.05) is 42.4 Å². The fraction of sp³-hybridized carbons (Fsp3) is 0.471. The third-order valence-electron chi connectivity index (χ3n) is 4.18. The van der Waals surface area contributed by atoms with Crippen LogP contribution < -0.4 is 10.2 Å². The van der Waals surface area contributed by atoms with Gasteiger partial charge in [-0.25, -0.2) is 0 Å². The molecule has 3 heteroatoms. The summed E-state index contributed by atoms with van der Waals surface area (Å²) in [5.41, 5.74) is 2.40. The average Bonchev–Trinajstić information content (AvgIpc) is 2.45. The van der Waals surface area contributed by atoms with E-state index in [2.05, 4.69) is 53.3 Å². The second-order valence-corrected chi connectivity index (χ2v) is 5.91. The molecule has 0 spiro atoms. The van der Waals surface area contributed by atoms with Crippen molar-refractivity contribution in [2.45, 2.75) is 38.8 Å². The van der Waals surface area contributed by atoms with E-state index >= 15 is 0 Å². The molecule has 2 atom stereocenters. The molecular formula is C17H23N3. The van der Waals surface area contributed by atoms with Crippen molar-refractivity contribution in [2.75, 3.05) is 18.0 Å². The van der Waals surface area contributed by atoms with Gasteiger partial charge in [-0.2, -0.15) is 0 Å². The highest BCUT2D eigenvalue weighted by Gasteiger charge is 2.16. The van der Waals surface area contributed by atoms with Crippen molar-refractivity contribution < 1.29 is 0 Å². The summed E-state index contributed by atoms with van der Waals surface area (Å²) in [5.74, 6) is 0. The first-order valence-corrected chi connectivity index (χ1v) is 7.58. The van der Waals surface area contributed by atoms with Crippen LogP contribution in [0.4, 0.5) is 5.69 Å². The van der Waals surface area contributed by atoms with Gasteiger partial charge in [0.05, 0.1) is 5.52 Å². The van der Waals surface area contributed by atoms with E-state index in [1.807, 2.05) is 12.3 Å². The first kappa shape index (κ1) is 13.4. The Morgan fingerprint density at radius 2 is 1.85 bits per heavy atom. The van der Waals surface area contributed by atoms with Crippen molar-refractivity contribution in [1.82, 2.24) is 10.3 Å². The standard InChI is InChI=1S/C17H23N3/c1-13-7-10-20(11-8-14(2)19-13)16-5-6-17-15(12-16)4-3-9-18-17/h3-6,9,12-14,19H,7-8,10-11H2,1-2H3. The van der Waals surface area contributed by atoms with Crippen LogP contribution in [-0.4, -0.2) is 30.2 Å². The molecule has 0 saturated carbocycles. The van der Waals surface area contributed by atoms with Crippen LogP contribution in [0.5, 0.6) is 0 Å². The van der Waals surface area contributed by atoms with Gasteiger partial charge < -0.3 is 10.2 Å². The van der Waals surface area contributed by atoms with Gasteiger partial charge >= 0.3 is 0 Å². The summed E-state index contributed by atoms with van der Waals surface area (Å²) in [6.07, 6.45) is 4.23. The fourth-order valence-electron chi connectivity index (χ4n) is 2.98. The molecule has 2 heterocycles. The first-order chi connectivity index (χ1) is 9.72. The van der Waals surface area contributed by atoms with Crippen molar-refractivity contribution in [3.8, 4) is 0 Å². The predicted molar refractivity (Wildman–Crippen MR) is 85.2 cm³/mol. The van der Waals surface area contributed by atoms with E-state index in [1.54, 1.807) is 0 Å². The molecule has 0 aliphatic carbocycles. The maximum atomic E-state index is 4.40. The summed E-state index contributed by atoms with van der Waals surface area (Å²) < 4.78 is 0. The number of hydrogen-bond acceptors (Lipinski definition) is 3. The summed E-state index contributed by atoms with van der Waals surface area (Å²) in [5, 5.41) is 4.87. The zero-order valence-corrected chi connectivity index (χ0v) is 12.3. The van der Waals surface area contributed by atoms with E-state index in [-0.39, 0.29) is 0 Å². The number of anilines is 1. The summed E-state index contributed by atoms with van der Waals surface area (Å²) >= 11 is 0. The number of nitrogens with zero attached hydrogens (tertiary/aromatic N) is 2. The van der Waals surface area contributed by atoms with Crippen LogP contribution in [0, 0.1) is 0 Å². The Hall–Kier alpha value is -1.61. The van der Waals surface area contributed by atoms with Gasteiger partial charge in [0.1, 0.15) is 0 Å². The number of nitrogens with one attached hydrogen (secondary N) is 1. The molecule has 0 amide bonds. The maximum Gasteiger partial charge on any atom is 0.0703 e.